The molecule has 1 aromatic heterocycles. The van der Waals surface area contributed by atoms with E-state index in [4.69, 9.17) is 4.74 Å². The molecule has 1 amide bonds. The Morgan fingerprint density at radius 1 is 0.971 bits per heavy atom. The van der Waals surface area contributed by atoms with Gasteiger partial charge in [0.1, 0.15) is 6.54 Å². The molecule has 3 aromatic carbocycles. The summed E-state index contributed by atoms with van der Waals surface area (Å²) in [5.41, 5.74) is 5.30. The molecule has 0 spiro atoms. The molecule has 1 N–H and O–H groups in total. The van der Waals surface area contributed by atoms with Gasteiger partial charge in [-0.25, -0.2) is 4.68 Å². The fraction of sp³-hybridized carbons (Fsp3) is 0.250. The van der Waals surface area contributed by atoms with Gasteiger partial charge in [-0.2, -0.15) is 5.10 Å². The molecule has 7 nitrogen and oxygen atoms in total. The van der Waals surface area contributed by atoms with Gasteiger partial charge in [0.05, 0.1) is 24.3 Å². The quantitative estimate of drug-likeness (QED) is 0.476. The van der Waals surface area contributed by atoms with Crippen LogP contribution in [0.5, 0.6) is 0 Å². The van der Waals surface area contributed by atoms with Gasteiger partial charge in [-0.05, 0) is 55.8 Å². The number of amides is 1. The molecule has 2 heterocycles. The van der Waals surface area contributed by atoms with E-state index in [1.54, 1.807) is 6.07 Å². The zero-order valence-corrected chi connectivity index (χ0v) is 20.0. The molecule has 0 aliphatic carbocycles. The Hall–Kier alpha value is -3.97. The second-order valence-corrected chi connectivity index (χ2v) is 8.87. The van der Waals surface area contributed by atoms with Gasteiger partial charge in [0, 0.05) is 35.4 Å². The van der Waals surface area contributed by atoms with Crippen LogP contribution in [0.15, 0.2) is 71.5 Å². The molecule has 0 radical (unpaired) electrons. The van der Waals surface area contributed by atoms with Crippen LogP contribution in [0, 0.1) is 13.8 Å². The van der Waals surface area contributed by atoms with Crippen LogP contribution in [0.3, 0.4) is 0 Å². The number of morpholine rings is 1. The van der Waals surface area contributed by atoms with E-state index in [9.17, 15) is 9.59 Å². The van der Waals surface area contributed by atoms with E-state index in [2.05, 4.69) is 27.4 Å². The second-order valence-electron chi connectivity index (χ2n) is 8.87. The number of benzene rings is 3. The van der Waals surface area contributed by atoms with Crippen LogP contribution < -0.4 is 15.8 Å². The molecule has 1 fully saturated rings. The monoisotopic (exact) mass is 468 g/mol. The Kier molecular flexibility index (Phi) is 6.33. The predicted octanol–water partition coefficient (Wildman–Crippen LogP) is 4.16. The van der Waals surface area contributed by atoms with Gasteiger partial charge in [0.15, 0.2) is 0 Å². The van der Waals surface area contributed by atoms with Crippen LogP contribution >= 0.6 is 0 Å². The maximum atomic E-state index is 13.2. The highest BCUT2D eigenvalue weighted by atomic mass is 16.5. The number of hydrogen-bond acceptors (Lipinski definition) is 5. The minimum atomic E-state index is -0.305. The Balaban J connectivity index is 1.42. The summed E-state index contributed by atoms with van der Waals surface area (Å²) in [4.78, 5) is 28.3. The van der Waals surface area contributed by atoms with Crippen molar-refractivity contribution < 1.29 is 9.53 Å². The molecule has 0 atom stereocenters. The third-order valence-corrected chi connectivity index (χ3v) is 6.34. The highest BCUT2D eigenvalue weighted by molar-refractivity contribution is 5.95. The Morgan fingerprint density at radius 3 is 2.43 bits per heavy atom. The van der Waals surface area contributed by atoms with Crippen molar-refractivity contribution >= 4 is 28.1 Å². The first-order chi connectivity index (χ1) is 17.0. The van der Waals surface area contributed by atoms with E-state index in [1.165, 1.54) is 4.68 Å². The van der Waals surface area contributed by atoms with E-state index in [0.717, 1.165) is 54.1 Å². The number of fused-ring (bicyclic) bond motifs is 1. The number of carbonyl (C=O) groups excluding carboxylic acids is 1. The summed E-state index contributed by atoms with van der Waals surface area (Å²) in [6.45, 7) is 7.02. The number of nitrogens with one attached hydrogen (secondary N) is 1. The van der Waals surface area contributed by atoms with Crippen molar-refractivity contribution in [2.45, 2.75) is 20.4 Å². The van der Waals surface area contributed by atoms with Crippen molar-refractivity contribution in [2.75, 3.05) is 36.5 Å². The van der Waals surface area contributed by atoms with Crippen molar-refractivity contribution in [3.63, 3.8) is 0 Å². The van der Waals surface area contributed by atoms with Gasteiger partial charge >= 0.3 is 0 Å². The van der Waals surface area contributed by atoms with Crippen LogP contribution in [0.4, 0.5) is 11.4 Å². The maximum Gasteiger partial charge on any atom is 0.275 e. The molecule has 35 heavy (non-hydrogen) atoms. The van der Waals surface area contributed by atoms with E-state index in [0.29, 0.717) is 16.8 Å². The van der Waals surface area contributed by atoms with E-state index in [-0.39, 0.29) is 18.0 Å². The largest absolute Gasteiger partial charge is 0.378 e. The standard InChI is InChI=1S/C28H28N4O3/c1-19-7-8-20(2)25(17-19)27-23-5-3-4-6-24(23)28(34)32(30-27)18-26(33)29-21-9-11-22(12-10-21)31-13-15-35-16-14-31/h3-12,17H,13-16,18H2,1-2H3,(H,29,33). The normalized spacial score (nSPS) is 13.7. The van der Waals surface area contributed by atoms with Crippen LogP contribution in [-0.2, 0) is 16.1 Å². The van der Waals surface area contributed by atoms with E-state index < -0.39 is 0 Å². The van der Waals surface area contributed by atoms with Crippen molar-refractivity contribution in [3.8, 4) is 11.3 Å². The Bertz CT molecular complexity index is 1440. The number of aryl methyl sites for hydroxylation is 2. The molecular weight excluding hydrogens is 440 g/mol. The second kappa shape index (κ2) is 9.72. The number of anilines is 2. The topological polar surface area (TPSA) is 76.5 Å². The van der Waals surface area contributed by atoms with Crippen LogP contribution in [-0.4, -0.2) is 42.0 Å². The summed E-state index contributed by atoms with van der Waals surface area (Å²) in [7, 11) is 0. The smallest absolute Gasteiger partial charge is 0.275 e. The van der Waals surface area contributed by atoms with Gasteiger partial charge in [-0.1, -0.05) is 35.9 Å². The third-order valence-electron chi connectivity index (χ3n) is 6.34. The number of rotatable bonds is 5. The number of hydrogen-bond donors (Lipinski definition) is 1. The average molecular weight is 469 g/mol. The number of nitrogens with zero attached hydrogens (tertiary/aromatic N) is 3. The lowest BCUT2D eigenvalue weighted by Crippen LogP contribution is -2.36. The lowest BCUT2D eigenvalue weighted by Gasteiger charge is -2.28. The fourth-order valence-electron chi connectivity index (χ4n) is 4.45. The van der Waals surface area contributed by atoms with E-state index in [1.807, 2.05) is 62.4 Å². The van der Waals surface area contributed by atoms with E-state index >= 15 is 0 Å². The van der Waals surface area contributed by atoms with Crippen molar-refractivity contribution in [2.24, 2.45) is 0 Å². The number of ether oxygens (including phenoxy) is 1. The minimum Gasteiger partial charge on any atom is -0.378 e. The highest BCUT2D eigenvalue weighted by Gasteiger charge is 2.16. The van der Waals surface area contributed by atoms with Gasteiger partial charge in [0.2, 0.25) is 5.91 Å². The third kappa shape index (κ3) is 4.81. The molecule has 1 aliphatic heterocycles. The van der Waals surface area contributed by atoms with Crippen molar-refractivity contribution in [1.29, 1.82) is 0 Å². The molecule has 0 unspecified atom stereocenters. The van der Waals surface area contributed by atoms with Crippen LogP contribution in [0.25, 0.3) is 22.0 Å². The van der Waals surface area contributed by atoms with Crippen molar-refractivity contribution in [1.82, 2.24) is 9.78 Å². The van der Waals surface area contributed by atoms with Crippen LogP contribution in [0.2, 0.25) is 0 Å². The van der Waals surface area contributed by atoms with Gasteiger partial charge in [0.25, 0.3) is 5.56 Å². The van der Waals surface area contributed by atoms with Gasteiger partial charge < -0.3 is 15.0 Å². The Morgan fingerprint density at radius 2 is 1.69 bits per heavy atom. The molecule has 4 aromatic rings. The number of aromatic nitrogens is 2. The lowest BCUT2D eigenvalue weighted by molar-refractivity contribution is -0.117. The maximum absolute atomic E-state index is 13.2. The predicted molar refractivity (Wildman–Crippen MR) is 139 cm³/mol. The zero-order chi connectivity index (χ0) is 24.4. The molecule has 1 aliphatic rings. The van der Waals surface area contributed by atoms with Gasteiger partial charge in [-0.15, -0.1) is 0 Å². The molecule has 1 saturated heterocycles. The first-order valence-corrected chi connectivity index (χ1v) is 11.8. The summed E-state index contributed by atoms with van der Waals surface area (Å²) in [6.07, 6.45) is 0. The molecule has 0 saturated carbocycles. The molecule has 7 heteroatoms. The lowest BCUT2D eigenvalue weighted by atomic mass is 9.99. The molecule has 5 rings (SSSR count). The molecule has 178 valence electrons. The summed E-state index contributed by atoms with van der Waals surface area (Å²) in [5.74, 6) is -0.305. The van der Waals surface area contributed by atoms with Crippen molar-refractivity contribution in [3.05, 3.63) is 88.2 Å². The summed E-state index contributed by atoms with van der Waals surface area (Å²) in [5, 5.41) is 8.87. The Labute approximate surface area is 204 Å². The molecule has 0 bridgehead atoms. The van der Waals surface area contributed by atoms with Gasteiger partial charge in [-0.3, -0.25) is 9.59 Å². The summed E-state index contributed by atoms with van der Waals surface area (Å²) in [6, 6.07) is 21.3. The van der Waals surface area contributed by atoms with Crippen LogP contribution in [0.1, 0.15) is 11.1 Å². The first kappa shape index (κ1) is 22.8. The zero-order valence-electron chi connectivity index (χ0n) is 20.0. The molecular formula is C28H28N4O3. The minimum absolute atomic E-state index is 0.174. The average Bonchev–Trinajstić information content (AvgIpc) is 2.88. The number of carbonyl (C=O) groups is 1. The highest BCUT2D eigenvalue weighted by Crippen LogP contribution is 2.28. The summed E-state index contributed by atoms with van der Waals surface area (Å²) >= 11 is 0. The summed E-state index contributed by atoms with van der Waals surface area (Å²) < 4.78 is 6.67. The fourth-order valence-corrected chi connectivity index (χ4v) is 4.45. The first-order valence-electron chi connectivity index (χ1n) is 11.8. The SMILES string of the molecule is Cc1ccc(C)c(-c2nn(CC(=O)Nc3ccc(N4CCOCC4)cc3)c(=O)c3ccccc23)c1.